The number of phenolic OH excluding ortho intramolecular Hbond substituents is 2. The van der Waals surface area contributed by atoms with E-state index in [-0.39, 0.29) is 22.5 Å². The molecule has 0 unspecified atom stereocenters. The van der Waals surface area contributed by atoms with E-state index in [1.807, 2.05) is 0 Å². The molecule has 0 saturated carbocycles. The van der Waals surface area contributed by atoms with Crippen molar-refractivity contribution >= 4 is 28.1 Å². The normalized spacial score (nSPS) is 11.8. The van der Waals surface area contributed by atoms with Crippen LogP contribution >= 0.6 is 16.5 Å². The Hall–Kier alpha value is -2.32. The molecule has 0 aromatic heterocycles. The van der Waals surface area contributed by atoms with Crippen molar-refractivity contribution in [1.29, 1.82) is 0 Å². The molecule has 6 N–H and O–H groups in total. The molecule has 0 aliphatic heterocycles. The third-order valence-electron chi connectivity index (χ3n) is 3.04. The van der Waals surface area contributed by atoms with E-state index in [4.69, 9.17) is 28.7 Å². The highest BCUT2D eigenvalue weighted by atomic mass is 31.1. The van der Waals surface area contributed by atoms with Crippen molar-refractivity contribution in [3.05, 3.63) is 58.7 Å². The van der Waals surface area contributed by atoms with Crippen molar-refractivity contribution in [3.8, 4) is 11.5 Å². The van der Waals surface area contributed by atoms with Crippen molar-refractivity contribution in [2.45, 2.75) is 0 Å². The van der Waals surface area contributed by atoms with Gasteiger partial charge in [-0.1, -0.05) is 24.3 Å². The van der Waals surface area contributed by atoms with Crippen LogP contribution < -0.4 is 0 Å². The van der Waals surface area contributed by atoms with E-state index < -0.39 is 33.8 Å². The van der Waals surface area contributed by atoms with Crippen molar-refractivity contribution in [3.63, 3.8) is 0 Å². The minimum Gasteiger partial charge on any atom is -0.504 e. The summed E-state index contributed by atoms with van der Waals surface area (Å²) in [5.74, 6) is -1.72. The highest BCUT2D eigenvalue weighted by Gasteiger charge is 2.32. The van der Waals surface area contributed by atoms with Gasteiger partial charge in [-0.25, -0.2) is 0 Å². The number of hydrogen-bond donors (Lipinski definition) is 6. The van der Waals surface area contributed by atoms with Crippen LogP contribution in [0.15, 0.2) is 36.4 Å². The van der Waals surface area contributed by atoms with Crippen LogP contribution in [0.2, 0.25) is 0 Å². The Morgan fingerprint density at radius 2 is 1.08 bits per heavy atom. The van der Waals surface area contributed by atoms with Crippen LogP contribution in [-0.4, -0.2) is 41.4 Å². The smallest absolute Gasteiger partial charge is 0.314 e. The first-order valence-corrected chi connectivity index (χ1v) is 9.25. The summed E-state index contributed by atoms with van der Waals surface area (Å²) < 4.78 is 17.5. The number of hydrogen-bond acceptors (Lipinski definition) is 6. The largest absolute Gasteiger partial charge is 0.504 e. The molecular formula is C14H14O10P2. The lowest BCUT2D eigenvalue weighted by atomic mass is 9.83. The standard InChI is InChI=1S/C14H8O4.2H3O3P/c15-10-6-5-9-11(14(10)18)13(17)8-4-2-1-3-7(8)12(9)16;2*1-4(2)3/h1-6,15,18H;2*4H,(H2,1,2,3). The molecule has 0 radical (unpaired) electrons. The maximum Gasteiger partial charge on any atom is 0.314 e. The molecule has 2 aromatic carbocycles. The fourth-order valence-corrected chi connectivity index (χ4v) is 2.16. The summed E-state index contributed by atoms with van der Waals surface area (Å²) >= 11 is 0. The summed E-state index contributed by atoms with van der Waals surface area (Å²) in [6.45, 7) is 0. The van der Waals surface area contributed by atoms with Crippen LogP contribution in [0.3, 0.4) is 0 Å². The van der Waals surface area contributed by atoms with Gasteiger partial charge >= 0.3 is 16.5 Å². The summed E-state index contributed by atoms with van der Waals surface area (Å²) in [6, 6.07) is 8.97. The average molecular weight is 404 g/mol. The molecule has 12 heteroatoms. The number of phenols is 2. The number of ketones is 2. The van der Waals surface area contributed by atoms with Gasteiger partial charge in [-0.3, -0.25) is 18.7 Å². The fourth-order valence-electron chi connectivity index (χ4n) is 2.16. The molecule has 3 rings (SSSR count). The third-order valence-corrected chi connectivity index (χ3v) is 3.04. The maximum absolute atomic E-state index is 12.2. The molecular weight excluding hydrogens is 390 g/mol. The van der Waals surface area contributed by atoms with Gasteiger partial charge < -0.3 is 29.8 Å². The van der Waals surface area contributed by atoms with Gasteiger partial charge in [0.05, 0.1) is 5.56 Å². The number of aromatic hydroxyl groups is 2. The van der Waals surface area contributed by atoms with Gasteiger partial charge in [0.2, 0.25) is 0 Å². The molecule has 10 nitrogen and oxygen atoms in total. The van der Waals surface area contributed by atoms with Gasteiger partial charge in [-0.2, -0.15) is 0 Å². The van der Waals surface area contributed by atoms with Gasteiger partial charge in [-0.15, -0.1) is 0 Å². The predicted octanol–water partition coefficient (Wildman–Crippen LogP) is 0.595. The van der Waals surface area contributed by atoms with Crippen LogP contribution in [0.25, 0.3) is 0 Å². The second-order valence-corrected chi connectivity index (χ2v) is 5.76. The molecule has 140 valence electrons. The van der Waals surface area contributed by atoms with Crippen LogP contribution in [0, 0.1) is 0 Å². The molecule has 0 fully saturated rings. The van der Waals surface area contributed by atoms with E-state index in [1.54, 1.807) is 18.2 Å². The maximum atomic E-state index is 12.2. The Labute approximate surface area is 147 Å². The van der Waals surface area contributed by atoms with Gasteiger partial charge in [-0.05, 0) is 12.1 Å². The first kappa shape index (κ1) is 21.7. The molecule has 1 aliphatic rings. The van der Waals surface area contributed by atoms with Gasteiger partial charge in [0.1, 0.15) is 0 Å². The van der Waals surface area contributed by atoms with E-state index in [1.165, 1.54) is 18.2 Å². The number of rotatable bonds is 0. The molecule has 2 aromatic rings. The number of carbonyl (C=O) groups is 2. The van der Waals surface area contributed by atoms with E-state index in [0.717, 1.165) is 0 Å². The van der Waals surface area contributed by atoms with Crippen molar-refractivity contribution in [2.75, 3.05) is 0 Å². The molecule has 0 spiro atoms. The first-order valence-electron chi connectivity index (χ1n) is 6.65. The monoisotopic (exact) mass is 404 g/mol. The lowest BCUT2D eigenvalue weighted by Crippen LogP contribution is -2.20. The average Bonchev–Trinajstić information content (AvgIpc) is 2.54. The zero-order chi connectivity index (χ0) is 20.0. The number of benzene rings is 2. The summed E-state index contributed by atoms with van der Waals surface area (Å²) in [5.41, 5.74) is 0.559. The lowest BCUT2D eigenvalue weighted by Gasteiger charge is -2.18. The van der Waals surface area contributed by atoms with Crippen molar-refractivity contribution < 1.29 is 48.5 Å². The Morgan fingerprint density at radius 1 is 0.654 bits per heavy atom. The highest BCUT2D eigenvalue weighted by Crippen LogP contribution is 2.37. The third kappa shape index (κ3) is 5.34. The Kier molecular flexibility index (Phi) is 7.85. The Bertz CT molecular complexity index is 873. The predicted molar refractivity (Wildman–Crippen MR) is 90.0 cm³/mol. The SMILES string of the molecule is O=C1c2ccccc2C(=O)c2c1ccc(O)c2O.O=[PH](O)O.O=[PH](O)O. The second-order valence-electron chi connectivity index (χ2n) is 4.62. The van der Waals surface area contributed by atoms with Crippen molar-refractivity contribution in [2.24, 2.45) is 0 Å². The Morgan fingerprint density at radius 3 is 1.54 bits per heavy atom. The first-order chi connectivity index (χ1) is 12.1. The van der Waals surface area contributed by atoms with Crippen LogP contribution in [0.1, 0.15) is 31.8 Å². The van der Waals surface area contributed by atoms with Crippen LogP contribution in [-0.2, 0) is 9.13 Å². The lowest BCUT2D eigenvalue weighted by molar-refractivity contribution is 0.0976. The molecule has 0 bridgehead atoms. The highest BCUT2D eigenvalue weighted by molar-refractivity contribution is 7.31. The molecule has 0 heterocycles. The molecule has 26 heavy (non-hydrogen) atoms. The number of fused-ring (bicyclic) bond motifs is 2. The van der Waals surface area contributed by atoms with E-state index in [2.05, 4.69) is 0 Å². The topological polar surface area (TPSA) is 190 Å². The molecule has 0 saturated heterocycles. The summed E-state index contributed by atoms with van der Waals surface area (Å²) in [5, 5.41) is 19.1. The van der Waals surface area contributed by atoms with Crippen LogP contribution in [0.4, 0.5) is 0 Å². The van der Waals surface area contributed by atoms with E-state index in [0.29, 0.717) is 5.56 Å². The van der Waals surface area contributed by atoms with E-state index in [9.17, 15) is 19.8 Å². The summed E-state index contributed by atoms with van der Waals surface area (Å²) in [7, 11) is -6.26. The Balaban J connectivity index is 0.000000360. The molecule has 0 atom stereocenters. The molecule has 0 amide bonds. The zero-order valence-electron chi connectivity index (χ0n) is 12.8. The minimum atomic E-state index is -3.13. The van der Waals surface area contributed by atoms with Gasteiger partial charge in [0.25, 0.3) is 0 Å². The van der Waals surface area contributed by atoms with E-state index >= 15 is 0 Å². The van der Waals surface area contributed by atoms with Gasteiger partial charge in [0.15, 0.2) is 23.1 Å². The summed E-state index contributed by atoms with van der Waals surface area (Å²) in [4.78, 5) is 53.0. The van der Waals surface area contributed by atoms with Crippen molar-refractivity contribution in [1.82, 2.24) is 0 Å². The van der Waals surface area contributed by atoms with Gasteiger partial charge in [0, 0.05) is 16.7 Å². The quantitative estimate of drug-likeness (QED) is 0.228. The second kappa shape index (κ2) is 9.40. The van der Waals surface area contributed by atoms with Crippen LogP contribution in [0.5, 0.6) is 11.5 Å². The minimum absolute atomic E-state index is 0.119. The number of carbonyl (C=O) groups excluding carboxylic acids is 2. The zero-order valence-corrected chi connectivity index (χ0v) is 14.8. The molecule has 1 aliphatic carbocycles. The fraction of sp³-hybridized carbons (Fsp3) is 0. The summed E-state index contributed by atoms with van der Waals surface area (Å²) in [6.07, 6.45) is 0.